The Balaban J connectivity index is 2.20. The van der Waals surface area contributed by atoms with Crippen LogP contribution in [0, 0.1) is 13.8 Å². The molecule has 0 aliphatic rings. The lowest BCUT2D eigenvalue weighted by Crippen LogP contribution is -2.01. The van der Waals surface area contributed by atoms with E-state index in [-0.39, 0.29) is 10.8 Å². The molecule has 0 amide bonds. The van der Waals surface area contributed by atoms with E-state index in [2.05, 4.69) is 4.98 Å². The number of aromatic carboxylic acids is 1. The summed E-state index contributed by atoms with van der Waals surface area (Å²) in [4.78, 5) is 15.5. The number of carboxylic acids is 1. The van der Waals surface area contributed by atoms with E-state index < -0.39 is 16.8 Å². The van der Waals surface area contributed by atoms with Crippen molar-refractivity contribution >= 4 is 28.1 Å². The lowest BCUT2D eigenvalue weighted by Gasteiger charge is -2.05. The first-order valence-electron chi connectivity index (χ1n) is 5.60. The number of aromatic nitrogens is 1. The Morgan fingerprint density at radius 2 is 2.16 bits per heavy atom. The molecule has 0 saturated carbocycles. The minimum atomic E-state index is -1.20. The molecule has 1 N–H and O–H groups in total. The van der Waals surface area contributed by atoms with Crippen LogP contribution in [0.25, 0.3) is 0 Å². The zero-order valence-electron chi connectivity index (χ0n) is 10.5. The number of aryl methyl sites for hydroxylation is 2. The second-order valence-corrected chi connectivity index (χ2v) is 6.49. The first-order valence-corrected chi connectivity index (χ1v) is 7.80. The molecule has 0 fully saturated rings. The van der Waals surface area contributed by atoms with Gasteiger partial charge in [-0.1, -0.05) is 12.1 Å². The molecule has 1 unspecified atom stereocenters. The van der Waals surface area contributed by atoms with Crippen molar-refractivity contribution in [3.8, 4) is 0 Å². The third-order valence-electron chi connectivity index (χ3n) is 2.60. The molecule has 0 aliphatic heterocycles. The predicted molar refractivity (Wildman–Crippen MR) is 75.1 cm³/mol. The third-order valence-corrected chi connectivity index (χ3v) is 4.97. The lowest BCUT2D eigenvalue weighted by molar-refractivity contribution is 0.0696. The largest absolute Gasteiger partial charge is 0.476 e. The van der Waals surface area contributed by atoms with Gasteiger partial charge < -0.3 is 5.11 Å². The number of benzene rings is 1. The van der Waals surface area contributed by atoms with Crippen molar-refractivity contribution in [3.63, 3.8) is 0 Å². The molecule has 2 aromatic rings. The van der Waals surface area contributed by atoms with Crippen LogP contribution in [0.4, 0.5) is 0 Å². The highest BCUT2D eigenvalue weighted by Crippen LogP contribution is 2.19. The van der Waals surface area contributed by atoms with Gasteiger partial charge in [-0.15, -0.1) is 11.3 Å². The molecule has 1 aromatic carbocycles. The smallest absolute Gasteiger partial charge is 0.365 e. The number of hydrogen-bond acceptors (Lipinski definition) is 4. The number of carbonyl (C=O) groups is 1. The minimum Gasteiger partial charge on any atom is -0.476 e. The molecule has 4 nitrogen and oxygen atoms in total. The molecule has 1 atom stereocenters. The summed E-state index contributed by atoms with van der Waals surface area (Å²) >= 11 is 1.06. The van der Waals surface area contributed by atoms with E-state index in [0.717, 1.165) is 27.4 Å². The standard InChI is InChI=1S/C13H13NO3S2/c1-8-3-4-9(2)11(5-8)19(17)7-10-6-18-12(14-10)13(15)16/h3-6H,7H2,1-2H3,(H,15,16). The molecule has 19 heavy (non-hydrogen) atoms. The fourth-order valence-corrected chi connectivity index (χ4v) is 3.71. The quantitative estimate of drug-likeness (QED) is 0.941. The van der Waals surface area contributed by atoms with Crippen molar-refractivity contribution in [1.82, 2.24) is 4.98 Å². The molecule has 6 heteroatoms. The van der Waals surface area contributed by atoms with Gasteiger partial charge in [0, 0.05) is 10.3 Å². The number of nitrogens with zero attached hydrogens (tertiary/aromatic N) is 1. The summed E-state index contributed by atoms with van der Waals surface area (Å²) in [7, 11) is -1.20. The summed E-state index contributed by atoms with van der Waals surface area (Å²) in [6.07, 6.45) is 0. The van der Waals surface area contributed by atoms with Crippen molar-refractivity contribution < 1.29 is 14.1 Å². The second-order valence-electron chi connectivity index (χ2n) is 4.21. The van der Waals surface area contributed by atoms with E-state index in [9.17, 15) is 9.00 Å². The Labute approximate surface area is 117 Å². The Morgan fingerprint density at radius 1 is 1.42 bits per heavy atom. The molecule has 1 aromatic heterocycles. The van der Waals surface area contributed by atoms with Crippen LogP contribution < -0.4 is 0 Å². The van der Waals surface area contributed by atoms with E-state index in [0.29, 0.717) is 5.69 Å². The summed E-state index contributed by atoms with van der Waals surface area (Å²) in [5, 5.41) is 10.5. The number of carboxylic acid groups (broad SMARTS) is 1. The van der Waals surface area contributed by atoms with Gasteiger partial charge in [0.25, 0.3) is 0 Å². The fraction of sp³-hybridized carbons (Fsp3) is 0.231. The predicted octanol–water partition coefficient (Wildman–Crippen LogP) is 2.77. The Kier molecular flexibility index (Phi) is 4.11. The van der Waals surface area contributed by atoms with E-state index >= 15 is 0 Å². The maximum Gasteiger partial charge on any atom is 0.365 e. The highest BCUT2D eigenvalue weighted by atomic mass is 32.2. The molecule has 0 radical (unpaired) electrons. The number of hydrogen-bond donors (Lipinski definition) is 1. The molecule has 100 valence electrons. The van der Waals surface area contributed by atoms with Crippen LogP contribution >= 0.6 is 11.3 Å². The van der Waals surface area contributed by atoms with Crippen LogP contribution in [0.3, 0.4) is 0 Å². The van der Waals surface area contributed by atoms with Gasteiger partial charge >= 0.3 is 5.97 Å². The van der Waals surface area contributed by atoms with Gasteiger partial charge in [-0.25, -0.2) is 9.78 Å². The van der Waals surface area contributed by atoms with Gasteiger partial charge in [0.15, 0.2) is 0 Å². The van der Waals surface area contributed by atoms with Gasteiger partial charge in [0.1, 0.15) is 0 Å². The van der Waals surface area contributed by atoms with Crippen molar-refractivity contribution in [1.29, 1.82) is 0 Å². The number of rotatable bonds is 4. The topological polar surface area (TPSA) is 67.3 Å². The minimum absolute atomic E-state index is 0.0352. The zero-order valence-corrected chi connectivity index (χ0v) is 12.2. The lowest BCUT2D eigenvalue weighted by atomic mass is 10.2. The van der Waals surface area contributed by atoms with Crippen LogP contribution in [0.1, 0.15) is 26.6 Å². The molecule has 0 bridgehead atoms. The van der Waals surface area contributed by atoms with Crippen molar-refractivity contribution in [3.05, 3.63) is 45.4 Å². The summed E-state index contributed by atoms with van der Waals surface area (Å²) < 4.78 is 12.3. The summed E-state index contributed by atoms with van der Waals surface area (Å²) in [6, 6.07) is 5.81. The van der Waals surface area contributed by atoms with Gasteiger partial charge in [-0.2, -0.15) is 0 Å². The highest BCUT2D eigenvalue weighted by Gasteiger charge is 2.13. The monoisotopic (exact) mass is 295 g/mol. The Bertz CT molecular complexity index is 649. The van der Waals surface area contributed by atoms with Gasteiger partial charge in [0.2, 0.25) is 5.01 Å². The molecular formula is C13H13NO3S2. The van der Waals surface area contributed by atoms with Gasteiger partial charge in [-0.3, -0.25) is 4.21 Å². The van der Waals surface area contributed by atoms with Crippen LogP contribution in [0.5, 0.6) is 0 Å². The Hall–Kier alpha value is -1.53. The normalized spacial score (nSPS) is 12.3. The van der Waals surface area contributed by atoms with E-state index in [1.165, 1.54) is 0 Å². The fourth-order valence-electron chi connectivity index (χ4n) is 1.64. The Morgan fingerprint density at radius 3 is 2.79 bits per heavy atom. The third kappa shape index (κ3) is 3.27. The summed E-state index contributed by atoms with van der Waals surface area (Å²) in [5.74, 6) is -0.803. The molecule has 0 saturated heterocycles. The molecule has 1 heterocycles. The summed E-state index contributed by atoms with van der Waals surface area (Å²) in [5.41, 5.74) is 2.58. The SMILES string of the molecule is Cc1ccc(C)c(S(=O)Cc2csc(C(=O)O)n2)c1. The second kappa shape index (κ2) is 5.63. The average molecular weight is 295 g/mol. The molecule has 0 spiro atoms. The van der Waals surface area contributed by atoms with Crippen LogP contribution in [0.15, 0.2) is 28.5 Å². The van der Waals surface area contributed by atoms with Crippen molar-refractivity contribution in [2.75, 3.05) is 0 Å². The number of thiazole rings is 1. The molecule has 2 rings (SSSR count). The van der Waals surface area contributed by atoms with Crippen LogP contribution in [-0.4, -0.2) is 20.3 Å². The first kappa shape index (κ1) is 13.9. The van der Waals surface area contributed by atoms with E-state index in [1.807, 2.05) is 32.0 Å². The highest BCUT2D eigenvalue weighted by molar-refractivity contribution is 7.84. The van der Waals surface area contributed by atoms with Gasteiger partial charge in [-0.05, 0) is 31.0 Å². The van der Waals surface area contributed by atoms with Crippen molar-refractivity contribution in [2.24, 2.45) is 0 Å². The van der Waals surface area contributed by atoms with E-state index in [4.69, 9.17) is 5.11 Å². The average Bonchev–Trinajstić information content (AvgIpc) is 2.80. The molecular weight excluding hydrogens is 282 g/mol. The zero-order chi connectivity index (χ0) is 14.0. The van der Waals surface area contributed by atoms with Crippen LogP contribution in [0.2, 0.25) is 0 Å². The maximum atomic E-state index is 12.3. The first-order chi connectivity index (χ1) is 8.97. The summed E-state index contributed by atoms with van der Waals surface area (Å²) in [6.45, 7) is 3.86. The van der Waals surface area contributed by atoms with Crippen molar-refractivity contribution in [2.45, 2.75) is 24.5 Å². The molecule has 0 aliphatic carbocycles. The van der Waals surface area contributed by atoms with Gasteiger partial charge in [0.05, 0.1) is 22.2 Å². The van der Waals surface area contributed by atoms with Crippen LogP contribution in [-0.2, 0) is 16.6 Å². The van der Waals surface area contributed by atoms with E-state index in [1.54, 1.807) is 5.38 Å². The maximum absolute atomic E-state index is 12.3.